The van der Waals surface area contributed by atoms with Crippen molar-refractivity contribution in [3.05, 3.63) is 22.9 Å². The van der Waals surface area contributed by atoms with E-state index in [9.17, 15) is 0 Å². The Balaban J connectivity index is 2.69. The molecule has 1 heterocycles. The van der Waals surface area contributed by atoms with Gasteiger partial charge in [0.25, 0.3) is 0 Å². The molecule has 1 nitrogen and oxygen atoms in total. The van der Waals surface area contributed by atoms with E-state index in [-0.39, 0.29) is 0 Å². The van der Waals surface area contributed by atoms with Crippen LogP contribution in [0.15, 0.2) is 27.9 Å². The molecular weight excluding hydrogens is 146 g/mol. The van der Waals surface area contributed by atoms with Crippen molar-refractivity contribution in [1.82, 2.24) is 0 Å². The van der Waals surface area contributed by atoms with Gasteiger partial charge in [0.15, 0.2) is 0 Å². The van der Waals surface area contributed by atoms with E-state index in [4.69, 9.17) is 11.6 Å². The normalized spacial score (nSPS) is 17.8. The molecule has 0 saturated heterocycles. The minimum absolute atomic E-state index is 0.736. The van der Waals surface area contributed by atoms with Crippen LogP contribution in [0.1, 0.15) is 19.8 Å². The van der Waals surface area contributed by atoms with Crippen molar-refractivity contribution < 1.29 is 0 Å². The van der Waals surface area contributed by atoms with Gasteiger partial charge in [0.1, 0.15) is 0 Å². The first-order chi connectivity index (χ1) is 4.83. The van der Waals surface area contributed by atoms with Gasteiger partial charge in [-0.3, -0.25) is 4.99 Å². The summed E-state index contributed by atoms with van der Waals surface area (Å²) in [6.07, 6.45) is 7.52. The Morgan fingerprint density at radius 3 is 3.20 bits per heavy atom. The van der Waals surface area contributed by atoms with Gasteiger partial charge < -0.3 is 0 Å². The lowest BCUT2D eigenvalue weighted by atomic mass is 10.1. The molecule has 0 aromatic heterocycles. The SMILES string of the molecule is CCC1=CN=CC(Cl)=CC1. The first-order valence-corrected chi connectivity index (χ1v) is 3.77. The Labute approximate surface area is 66.1 Å². The predicted octanol–water partition coefficient (Wildman–Crippen LogP) is 2.88. The zero-order valence-electron chi connectivity index (χ0n) is 5.97. The van der Waals surface area contributed by atoms with E-state index in [0.29, 0.717) is 0 Å². The minimum Gasteiger partial charge on any atom is -0.263 e. The highest BCUT2D eigenvalue weighted by atomic mass is 35.5. The fraction of sp³-hybridized carbons (Fsp3) is 0.375. The maximum Gasteiger partial charge on any atom is 0.0552 e. The Hall–Kier alpha value is -0.560. The van der Waals surface area contributed by atoms with Crippen LogP contribution in [0.4, 0.5) is 0 Å². The first kappa shape index (κ1) is 7.55. The number of halogens is 1. The average molecular weight is 156 g/mol. The quantitative estimate of drug-likeness (QED) is 0.552. The molecular formula is C8H10ClN. The van der Waals surface area contributed by atoms with Crippen molar-refractivity contribution in [2.75, 3.05) is 0 Å². The van der Waals surface area contributed by atoms with E-state index in [1.807, 2.05) is 12.3 Å². The highest BCUT2D eigenvalue weighted by molar-refractivity contribution is 6.39. The topological polar surface area (TPSA) is 12.4 Å². The van der Waals surface area contributed by atoms with E-state index >= 15 is 0 Å². The number of nitrogens with zero attached hydrogens (tertiary/aromatic N) is 1. The Bertz CT molecular complexity index is 199. The monoisotopic (exact) mass is 155 g/mol. The van der Waals surface area contributed by atoms with Crippen LogP contribution < -0.4 is 0 Å². The third-order valence-electron chi connectivity index (χ3n) is 1.47. The lowest BCUT2D eigenvalue weighted by molar-refractivity contribution is 1.02. The van der Waals surface area contributed by atoms with Crippen LogP contribution in [0.2, 0.25) is 0 Å². The molecule has 54 valence electrons. The van der Waals surface area contributed by atoms with Crippen molar-refractivity contribution in [1.29, 1.82) is 0 Å². The summed E-state index contributed by atoms with van der Waals surface area (Å²) in [5.74, 6) is 0. The molecule has 2 heteroatoms. The number of rotatable bonds is 1. The Kier molecular flexibility index (Phi) is 2.69. The van der Waals surface area contributed by atoms with Crippen molar-refractivity contribution in [2.45, 2.75) is 19.8 Å². The standard InChI is InChI=1S/C8H10ClN/c1-2-7-3-4-8(9)6-10-5-7/h4-6H,2-3H2,1H3. The van der Waals surface area contributed by atoms with Crippen LogP contribution >= 0.6 is 11.6 Å². The van der Waals surface area contributed by atoms with Crippen molar-refractivity contribution in [2.24, 2.45) is 4.99 Å². The van der Waals surface area contributed by atoms with Crippen LogP contribution in [0, 0.1) is 0 Å². The summed E-state index contributed by atoms with van der Waals surface area (Å²) in [6.45, 7) is 2.12. The van der Waals surface area contributed by atoms with Crippen molar-refractivity contribution in [3.8, 4) is 0 Å². The fourth-order valence-corrected chi connectivity index (χ4v) is 0.917. The molecule has 0 N–H and O–H groups in total. The van der Waals surface area contributed by atoms with Gasteiger partial charge in [-0.25, -0.2) is 0 Å². The molecule has 0 radical (unpaired) electrons. The van der Waals surface area contributed by atoms with Crippen LogP contribution in [-0.2, 0) is 0 Å². The Morgan fingerprint density at radius 1 is 1.70 bits per heavy atom. The first-order valence-electron chi connectivity index (χ1n) is 3.39. The number of allylic oxidation sites excluding steroid dienone is 3. The van der Waals surface area contributed by atoms with Gasteiger partial charge in [0.2, 0.25) is 0 Å². The molecule has 0 aromatic rings. The van der Waals surface area contributed by atoms with Gasteiger partial charge in [0.05, 0.1) is 5.03 Å². The van der Waals surface area contributed by atoms with E-state index in [2.05, 4.69) is 11.9 Å². The third kappa shape index (κ3) is 1.99. The second-order valence-corrected chi connectivity index (χ2v) is 2.65. The van der Waals surface area contributed by atoms with Crippen molar-refractivity contribution in [3.63, 3.8) is 0 Å². The zero-order valence-corrected chi connectivity index (χ0v) is 6.73. The summed E-state index contributed by atoms with van der Waals surface area (Å²) >= 11 is 5.72. The van der Waals surface area contributed by atoms with Crippen LogP contribution in [0.3, 0.4) is 0 Å². The van der Waals surface area contributed by atoms with E-state index in [1.54, 1.807) is 6.21 Å². The number of hydrogen-bond acceptors (Lipinski definition) is 1. The molecule has 0 amide bonds. The predicted molar refractivity (Wildman–Crippen MR) is 45.4 cm³/mol. The average Bonchev–Trinajstić information content (AvgIpc) is 2.14. The molecule has 1 rings (SSSR count). The van der Waals surface area contributed by atoms with Gasteiger partial charge in [0, 0.05) is 12.4 Å². The second kappa shape index (κ2) is 3.57. The van der Waals surface area contributed by atoms with Gasteiger partial charge in [-0.05, 0) is 18.4 Å². The van der Waals surface area contributed by atoms with Crippen molar-refractivity contribution >= 4 is 17.8 Å². The largest absolute Gasteiger partial charge is 0.263 e. The molecule has 0 unspecified atom stereocenters. The van der Waals surface area contributed by atoms with E-state index in [1.165, 1.54) is 5.57 Å². The maximum absolute atomic E-state index is 5.72. The molecule has 0 fully saturated rings. The molecule has 0 aromatic carbocycles. The summed E-state index contributed by atoms with van der Waals surface area (Å²) in [5, 5.41) is 0.736. The third-order valence-corrected chi connectivity index (χ3v) is 1.72. The summed E-state index contributed by atoms with van der Waals surface area (Å²) in [4.78, 5) is 4.02. The fourth-order valence-electron chi connectivity index (χ4n) is 0.784. The highest BCUT2D eigenvalue weighted by Crippen LogP contribution is 2.13. The lowest BCUT2D eigenvalue weighted by Crippen LogP contribution is -1.75. The lowest BCUT2D eigenvalue weighted by Gasteiger charge is -1.93. The Morgan fingerprint density at radius 2 is 2.50 bits per heavy atom. The molecule has 10 heavy (non-hydrogen) atoms. The molecule has 0 atom stereocenters. The van der Waals surface area contributed by atoms with Crippen LogP contribution in [0.5, 0.6) is 0 Å². The van der Waals surface area contributed by atoms with Crippen LogP contribution in [-0.4, -0.2) is 6.21 Å². The summed E-state index contributed by atoms with van der Waals surface area (Å²) in [6, 6.07) is 0. The number of hydrogen-bond donors (Lipinski definition) is 0. The maximum atomic E-state index is 5.72. The molecule has 0 spiro atoms. The van der Waals surface area contributed by atoms with Gasteiger partial charge >= 0.3 is 0 Å². The summed E-state index contributed by atoms with van der Waals surface area (Å²) < 4.78 is 0. The van der Waals surface area contributed by atoms with E-state index in [0.717, 1.165) is 17.9 Å². The minimum atomic E-state index is 0.736. The molecule has 0 saturated carbocycles. The summed E-state index contributed by atoms with van der Waals surface area (Å²) in [7, 11) is 0. The zero-order chi connectivity index (χ0) is 7.40. The summed E-state index contributed by atoms with van der Waals surface area (Å²) in [5.41, 5.74) is 1.33. The number of aliphatic imine (C=N–C) groups is 1. The van der Waals surface area contributed by atoms with Gasteiger partial charge in [-0.15, -0.1) is 0 Å². The molecule has 1 aliphatic heterocycles. The molecule has 0 bridgehead atoms. The highest BCUT2D eigenvalue weighted by Gasteiger charge is 1.95. The molecule has 1 aliphatic rings. The smallest absolute Gasteiger partial charge is 0.0552 e. The second-order valence-electron chi connectivity index (χ2n) is 2.21. The van der Waals surface area contributed by atoms with Gasteiger partial charge in [-0.1, -0.05) is 24.6 Å². The molecule has 0 aliphatic carbocycles. The van der Waals surface area contributed by atoms with Crippen LogP contribution in [0.25, 0.3) is 0 Å². The van der Waals surface area contributed by atoms with E-state index < -0.39 is 0 Å². The van der Waals surface area contributed by atoms with Gasteiger partial charge in [-0.2, -0.15) is 0 Å².